The Morgan fingerprint density at radius 1 is 1.33 bits per heavy atom. The first kappa shape index (κ1) is 14.9. The van der Waals surface area contributed by atoms with Crippen LogP contribution in [-0.4, -0.2) is 29.9 Å². The first-order chi connectivity index (χ1) is 10.0. The number of hydrogen-bond donors (Lipinski definition) is 0. The van der Waals surface area contributed by atoms with Gasteiger partial charge in [0.05, 0.1) is 7.11 Å². The molecule has 0 atom stereocenters. The summed E-state index contributed by atoms with van der Waals surface area (Å²) < 4.78 is 31.5. The molecule has 1 aromatic carbocycles. The molecule has 0 unspecified atom stereocenters. The van der Waals surface area contributed by atoms with Crippen molar-refractivity contribution >= 4 is 5.91 Å². The molecule has 0 aliphatic carbocycles. The summed E-state index contributed by atoms with van der Waals surface area (Å²) in [5, 5.41) is 0. The van der Waals surface area contributed by atoms with Gasteiger partial charge < -0.3 is 9.64 Å². The van der Waals surface area contributed by atoms with Crippen molar-refractivity contribution < 1.29 is 18.3 Å². The van der Waals surface area contributed by atoms with E-state index in [1.165, 1.54) is 31.3 Å². The minimum atomic E-state index is -0.687. The molecule has 0 bridgehead atoms. The summed E-state index contributed by atoms with van der Waals surface area (Å²) in [4.78, 5) is 17.6. The Morgan fingerprint density at radius 2 is 2.10 bits per heavy atom. The molecule has 0 saturated carbocycles. The Balaban J connectivity index is 2.19. The van der Waals surface area contributed by atoms with Crippen molar-refractivity contribution in [3.05, 3.63) is 59.3 Å². The highest BCUT2D eigenvalue weighted by Crippen LogP contribution is 2.18. The fraction of sp³-hybridized carbons (Fsp3) is 0.200. The van der Waals surface area contributed by atoms with E-state index >= 15 is 0 Å². The van der Waals surface area contributed by atoms with E-state index in [2.05, 4.69) is 4.98 Å². The average molecular weight is 292 g/mol. The van der Waals surface area contributed by atoms with Gasteiger partial charge in [-0.3, -0.25) is 4.79 Å². The monoisotopic (exact) mass is 292 g/mol. The number of amides is 1. The number of pyridine rings is 1. The van der Waals surface area contributed by atoms with Gasteiger partial charge in [-0.1, -0.05) is 6.07 Å². The molecule has 0 spiro atoms. The van der Waals surface area contributed by atoms with Gasteiger partial charge in [0.2, 0.25) is 5.88 Å². The smallest absolute Gasteiger partial charge is 0.259 e. The molecule has 4 nitrogen and oxygen atoms in total. The lowest BCUT2D eigenvalue weighted by Crippen LogP contribution is -2.27. The van der Waals surface area contributed by atoms with Crippen LogP contribution in [0.4, 0.5) is 8.78 Å². The van der Waals surface area contributed by atoms with Crippen LogP contribution in [0.15, 0.2) is 36.5 Å². The van der Waals surface area contributed by atoms with Crippen LogP contribution in [0, 0.1) is 11.6 Å². The molecule has 0 aliphatic rings. The van der Waals surface area contributed by atoms with E-state index in [-0.39, 0.29) is 29.5 Å². The molecular formula is C15H14F2N2O2. The highest BCUT2D eigenvalue weighted by molar-refractivity contribution is 5.96. The fourth-order valence-electron chi connectivity index (χ4n) is 1.90. The second-order valence-corrected chi connectivity index (χ2v) is 4.46. The van der Waals surface area contributed by atoms with Crippen LogP contribution >= 0.6 is 0 Å². The van der Waals surface area contributed by atoms with E-state index in [4.69, 9.17) is 4.74 Å². The molecule has 110 valence electrons. The SMILES string of the molecule is COc1ncccc1C(=O)N(C)Cc1ccc(F)cc1F. The van der Waals surface area contributed by atoms with Gasteiger partial charge in [0.1, 0.15) is 17.2 Å². The van der Waals surface area contributed by atoms with Crippen LogP contribution < -0.4 is 4.74 Å². The maximum atomic E-state index is 13.6. The number of halogens is 2. The second kappa shape index (κ2) is 6.30. The van der Waals surface area contributed by atoms with E-state index in [1.54, 1.807) is 12.1 Å². The van der Waals surface area contributed by atoms with E-state index in [1.807, 2.05) is 0 Å². The second-order valence-electron chi connectivity index (χ2n) is 4.46. The molecule has 0 aliphatic heterocycles. The Labute approximate surface area is 121 Å². The van der Waals surface area contributed by atoms with E-state index in [0.717, 1.165) is 12.1 Å². The van der Waals surface area contributed by atoms with Gasteiger partial charge in [-0.05, 0) is 18.2 Å². The van der Waals surface area contributed by atoms with Crippen LogP contribution in [0.3, 0.4) is 0 Å². The Kier molecular flexibility index (Phi) is 4.47. The lowest BCUT2D eigenvalue weighted by atomic mass is 10.1. The maximum absolute atomic E-state index is 13.6. The van der Waals surface area contributed by atoms with Crippen LogP contribution in [0.25, 0.3) is 0 Å². The van der Waals surface area contributed by atoms with Crippen molar-refractivity contribution in [2.75, 3.05) is 14.2 Å². The zero-order valence-electron chi connectivity index (χ0n) is 11.6. The summed E-state index contributed by atoms with van der Waals surface area (Å²) in [6.07, 6.45) is 1.51. The third-order valence-corrected chi connectivity index (χ3v) is 2.96. The number of carbonyl (C=O) groups is 1. The Morgan fingerprint density at radius 3 is 2.76 bits per heavy atom. The van der Waals surface area contributed by atoms with Crippen molar-refractivity contribution in [2.45, 2.75) is 6.54 Å². The van der Waals surface area contributed by atoms with E-state index in [9.17, 15) is 13.6 Å². The minimum Gasteiger partial charge on any atom is -0.480 e. The number of carbonyl (C=O) groups excluding carboxylic acids is 1. The predicted octanol–water partition coefficient (Wildman–Crippen LogP) is 2.64. The van der Waals surface area contributed by atoms with Crippen molar-refractivity contribution in [1.29, 1.82) is 0 Å². The number of methoxy groups -OCH3 is 1. The van der Waals surface area contributed by atoms with Crippen molar-refractivity contribution in [3.8, 4) is 5.88 Å². The molecule has 21 heavy (non-hydrogen) atoms. The number of ether oxygens (including phenoxy) is 1. The van der Waals surface area contributed by atoms with Gasteiger partial charge in [-0.2, -0.15) is 0 Å². The van der Waals surface area contributed by atoms with Gasteiger partial charge >= 0.3 is 0 Å². The minimum absolute atomic E-state index is 0.0169. The Hall–Kier alpha value is -2.50. The number of benzene rings is 1. The third kappa shape index (κ3) is 3.34. The summed E-state index contributed by atoms with van der Waals surface area (Å²) in [5.74, 6) is -1.50. The summed E-state index contributed by atoms with van der Waals surface area (Å²) in [6.45, 7) is 0.0169. The first-order valence-corrected chi connectivity index (χ1v) is 6.21. The average Bonchev–Trinajstić information content (AvgIpc) is 2.49. The van der Waals surface area contributed by atoms with Crippen LogP contribution in [-0.2, 0) is 6.54 Å². The summed E-state index contributed by atoms with van der Waals surface area (Å²) in [7, 11) is 2.94. The van der Waals surface area contributed by atoms with Crippen molar-refractivity contribution in [3.63, 3.8) is 0 Å². The van der Waals surface area contributed by atoms with Gasteiger partial charge in [0.15, 0.2) is 0 Å². The van der Waals surface area contributed by atoms with Crippen molar-refractivity contribution in [1.82, 2.24) is 9.88 Å². The molecule has 0 fully saturated rings. The van der Waals surface area contributed by atoms with Crippen LogP contribution in [0.1, 0.15) is 15.9 Å². The molecule has 2 rings (SSSR count). The number of rotatable bonds is 4. The molecule has 2 aromatic rings. The van der Waals surface area contributed by atoms with Crippen molar-refractivity contribution in [2.24, 2.45) is 0 Å². The molecular weight excluding hydrogens is 278 g/mol. The first-order valence-electron chi connectivity index (χ1n) is 6.21. The maximum Gasteiger partial charge on any atom is 0.259 e. The Bertz CT molecular complexity index is 662. The molecule has 6 heteroatoms. The molecule has 1 amide bonds. The normalized spacial score (nSPS) is 10.3. The number of aromatic nitrogens is 1. The standard InChI is InChI=1S/C15H14F2N2O2/c1-19(9-10-5-6-11(16)8-13(10)17)15(20)12-4-3-7-18-14(12)21-2/h3-8H,9H2,1-2H3. The molecule has 0 N–H and O–H groups in total. The van der Waals surface area contributed by atoms with E-state index < -0.39 is 11.6 Å². The zero-order valence-corrected chi connectivity index (χ0v) is 11.6. The third-order valence-electron chi connectivity index (χ3n) is 2.96. The van der Waals surface area contributed by atoms with E-state index in [0.29, 0.717) is 0 Å². The quantitative estimate of drug-likeness (QED) is 0.870. The number of nitrogens with zero attached hydrogens (tertiary/aromatic N) is 2. The van der Waals surface area contributed by atoms with Crippen LogP contribution in [0.5, 0.6) is 5.88 Å². The number of hydrogen-bond acceptors (Lipinski definition) is 3. The zero-order chi connectivity index (χ0) is 15.4. The van der Waals surface area contributed by atoms with Gasteiger partial charge in [-0.25, -0.2) is 13.8 Å². The fourth-order valence-corrected chi connectivity index (χ4v) is 1.90. The highest BCUT2D eigenvalue weighted by atomic mass is 19.1. The van der Waals surface area contributed by atoms with Crippen LogP contribution in [0.2, 0.25) is 0 Å². The lowest BCUT2D eigenvalue weighted by Gasteiger charge is -2.18. The van der Waals surface area contributed by atoms with Gasteiger partial charge in [-0.15, -0.1) is 0 Å². The molecule has 0 saturated heterocycles. The molecule has 1 aromatic heterocycles. The highest BCUT2D eigenvalue weighted by Gasteiger charge is 2.18. The van der Waals surface area contributed by atoms with Gasteiger partial charge in [0.25, 0.3) is 5.91 Å². The summed E-state index contributed by atoms with van der Waals surface area (Å²) in [6, 6.07) is 6.45. The molecule has 0 radical (unpaired) electrons. The summed E-state index contributed by atoms with van der Waals surface area (Å²) in [5.41, 5.74) is 0.514. The predicted molar refractivity (Wildman–Crippen MR) is 72.9 cm³/mol. The van der Waals surface area contributed by atoms with Gasteiger partial charge in [0, 0.05) is 31.4 Å². The molecule has 1 heterocycles. The topological polar surface area (TPSA) is 42.4 Å². The lowest BCUT2D eigenvalue weighted by molar-refractivity contribution is 0.0779. The summed E-state index contributed by atoms with van der Waals surface area (Å²) >= 11 is 0. The largest absolute Gasteiger partial charge is 0.480 e.